The molecule has 0 aromatic heterocycles. The van der Waals surface area contributed by atoms with Crippen LogP contribution in [-0.4, -0.2) is 49.2 Å². The first kappa shape index (κ1) is 18.3. The lowest BCUT2D eigenvalue weighted by Gasteiger charge is -2.28. The lowest BCUT2D eigenvalue weighted by Crippen LogP contribution is -2.46. The van der Waals surface area contributed by atoms with Gasteiger partial charge in [-0.15, -0.1) is 0 Å². The minimum Gasteiger partial charge on any atom is -0.379 e. The number of ether oxygens (including phenoxy) is 1. The summed E-state index contributed by atoms with van der Waals surface area (Å²) in [5.74, 6) is -0.176. The summed E-state index contributed by atoms with van der Waals surface area (Å²) < 4.78 is 5.40. The highest BCUT2D eigenvalue weighted by molar-refractivity contribution is 5.84. The molecule has 6 heteroatoms. The molecule has 0 saturated carbocycles. The number of rotatable bonds is 7. The van der Waals surface area contributed by atoms with Crippen LogP contribution in [0.25, 0.3) is 0 Å². The van der Waals surface area contributed by atoms with Gasteiger partial charge in [-0.2, -0.15) is 0 Å². The van der Waals surface area contributed by atoms with Crippen LogP contribution >= 0.6 is 0 Å². The fourth-order valence-electron chi connectivity index (χ4n) is 2.62. The van der Waals surface area contributed by atoms with E-state index in [-0.39, 0.29) is 24.6 Å². The van der Waals surface area contributed by atoms with Gasteiger partial charge in [0.1, 0.15) is 0 Å². The number of fused-ring (bicyclic) bond motifs is 1. The second kappa shape index (κ2) is 9.27. The van der Waals surface area contributed by atoms with Crippen molar-refractivity contribution in [1.29, 1.82) is 0 Å². The van der Waals surface area contributed by atoms with Gasteiger partial charge in [0.05, 0.1) is 12.6 Å². The first-order chi connectivity index (χ1) is 11.6. The zero-order valence-electron chi connectivity index (χ0n) is 14.5. The number of benzene rings is 1. The summed E-state index contributed by atoms with van der Waals surface area (Å²) in [5.41, 5.74) is 2.47. The van der Waals surface area contributed by atoms with E-state index in [1.165, 1.54) is 11.1 Å². The number of carbonyl (C=O) groups excluding carboxylic acids is 2. The highest BCUT2D eigenvalue weighted by atomic mass is 16.5. The van der Waals surface area contributed by atoms with Gasteiger partial charge >= 0.3 is 6.03 Å². The quantitative estimate of drug-likeness (QED) is 0.746. The predicted molar refractivity (Wildman–Crippen MR) is 92.7 cm³/mol. The number of nitrogens with zero attached hydrogens (tertiary/aromatic N) is 1. The fourth-order valence-corrected chi connectivity index (χ4v) is 2.62. The molecule has 132 valence electrons. The maximum Gasteiger partial charge on any atom is 0.318 e. The van der Waals surface area contributed by atoms with Gasteiger partial charge < -0.3 is 20.3 Å². The zero-order chi connectivity index (χ0) is 17.4. The molecule has 1 heterocycles. The average Bonchev–Trinajstić information content (AvgIpc) is 2.58. The number of hydrogen-bond acceptors (Lipinski definition) is 3. The number of urea groups is 1. The molecule has 24 heavy (non-hydrogen) atoms. The smallest absolute Gasteiger partial charge is 0.318 e. The Morgan fingerprint density at radius 1 is 1.21 bits per heavy atom. The van der Waals surface area contributed by atoms with Gasteiger partial charge in [-0.1, -0.05) is 24.3 Å². The molecule has 0 atom stereocenters. The fraction of sp³-hybridized carbons (Fsp3) is 0.556. The molecule has 0 fully saturated rings. The van der Waals surface area contributed by atoms with E-state index in [9.17, 15) is 9.59 Å². The van der Waals surface area contributed by atoms with Crippen molar-refractivity contribution >= 4 is 11.9 Å². The number of hydrogen-bond donors (Lipinski definition) is 2. The van der Waals surface area contributed by atoms with Gasteiger partial charge in [-0.25, -0.2) is 4.79 Å². The highest BCUT2D eigenvalue weighted by Gasteiger charge is 2.20. The summed E-state index contributed by atoms with van der Waals surface area (Å²) in [6.45, 7) is 6.41. The van der Waals surface area contributed by atoms with Gasteiger partial charge in [0.2, 0.25) is 5.91 Å². The molecular weight excluding hydrogens is 306 g/mol. The normalized spacial score (nSPS) is 13.5. The van der Waals surface area contributed by atoms with Crippen LogP contribution in [0.4, 0.5) is 4.79 Å². The molecule has 0 bridgehead atoms. The van der Waals surface area contributed by atoms with E-state index in [1.54, 1.807) is 4.90 Å². The van der Waals surface area contributed by atoms with Crippen molar-refractivity contribution in [3.8, 4) is 0 Å². The van der Waals surface area contributed by atoms with Crippen LogP contribution in [0.15, 0.2) is 24.3 Å². The summed E-state index contributed by atoms with van der Waals surface area (Å²) in [5, 5.41) is 5.46. The van der Waals surface area contributed by atoms with Crippen LogP contribution < -0.4 is 10.6 Å². The topological polar surface area (TPSA) is 70.7 Å². The van der Waals surface area contributed by atoms with Gasteiger partial charge in [-0.05, 0) is 37.8 Å². The van der Waals surface area contributed by atoms with E-state index in [0.717, 1.165) is 12.8 Å². The van der Waals surface area contributed by atoms with Crippen molar-refractivity contribution in [3.05, 3.63) is 35.4 Å². The molecule has 0 unspecified atom stereocenters. The Labute approximate surface area is 143 Å². The molecule has 1 aliphatic heterocycles. The maximum atomic E-state index is 12.2. The molecule has 3 amide bonds. The third-order valence-corrected chi connectivity index (χ3v) is 3.91. The van der Waals surface area contributed by atoms with Crippen LogP contribution in [-0.2, 0) is 22.5 Å². The predicted octanol–water partition coefficient (Wildman–Crippen LogP) is 1.69. The second-order valence-corrected chi connectivity index (χ2v) is 6.22. The highest BCUT2D eigenvalue weighted by Crippen LogP contribution is 2.18. The van der Waals surface area contributed by atoms with E-state index in [1.807, 2.05) is 32.0 Å². The molecule has 0 aliphatic carbocycles. The van der Waals surface area contributed by atoms with Crippen molar-refractivity contribution in [3.63, 3.8) is 0 Å². The lowest BCUT2D eigenvalue weighted by molar-refractivity contribution is -0.120. The molecule has 1 aliphatic rings. The number of amides is 3. The molecule has 2 rings (SSSR count). The van der Waals surface area contributed by atoms with E-state index < -0.39 is 0 Å². The molecule has 0 radical (unpaired) electrons. The molecule has 2 N–H and O–H groups in total. The number of carbonyl (C=O) groups is 2. The second-order valence-electron chi connectivity index (χ2n) is 6.22. The van der Waals surface area contributed by atoms with Gasteiger partial charge in [0, 0.05) is 26.2 Å². The van der Waals surface area contributed by atoms with Crippen LogP contribution in [0.3, 0.4) is 0 Å². The van der Waals surface area contributed by atoms with Crippen molar-refractivity contribution in [2.75, 3.05) is 26.2 Å². The average molecular weight is 333 g/mol. The Balaban J connectivity index is 1.64. The maximum absolute atomic E-state index is 12.2. The monoisotopic (exact) mass is 333 g/mol. The summed E-state index contributed by atoms with van der Waals surface area (Å²) in [6, 6.07) is 7.95. The summed E-state index contributed by atoms with van der Waals surface area (Å²) in [6.07, 6.45) is 1.82. The van der Waals surface area contributed by atoms with Crippen molar-refractivity contribution in [1.82, 2.24) is 15.5 Å². The Hall–Kier alpha value is -2.08. The SMILES string of the molecule is CC(C)OCCCNC(=O)CNC(=O)N1CCc2ccccc2C1. The van der Waals surface area contributed by atoms with Crippen LogP contribution in [0.1, 0.15) is 31.4 Å². The molecule has 0 spiro atoms. The first-order valence-electron chi connectivity index (χ1n) is 8.54. The lowest BCUT2D eigenvalue weighted by atomic mass is 10.0. The minimum absolute atomic E-state index is 0.00200. The summed E-state index contributed by atoms with van der Waals surface area (Å²) in [7, 11) is 0. The Morgan fingerprint density at radius 3 is 2.71 bits per heavy atom. The molecule has 1 aromatic carbocycles. The van der Waals surface area contributed by atoms with Crippen molar-refractivity contribution < 1.29 is 14.3 Å². The van der Waals surface area contributed by atoms with Crippen LogP contribution in [0.5, 0.6) is 0 Å². The molecule has 0 saturated heterocycles. The number of nitrogens with one attached hydrogen (secondary N) is 2. The molecule has 6 nitrogen and oxygen atoms in total. The van der Waals surface area contributed by atoms with E-state index in [0.29, 0.717) is 26.2 Å². The van der Waals surface area contributed by atoms with Crippen molar-refractivity contribution in [2.45, 2.75) is 39.3 Å². The van der Waals surface area contributed by atoms with Gasteiger partial charge in [-0.3, -0.25) is 4.79 Å². The van der Waals surface area contributed by atoms with E-state index in [2.05, 4.69) is 16.7 Å². The van der Waals surface area contributed by atoms with E-state index in [4.69, 9.17) is 4.74 Å². The molecular formula is C18H27N3O3. The zero-order valence-corrected chi connectivity index (χ0v) is 14.5. The Morgan fingerprint density at radius 2 is 1.96 bits per heavy atom. The molecule has 1 aromatic rings. The summed E-state index contributed by atoms with van der Waals surface area (Å²) >= 11 is 0. The largest absolute Gasteiger partial charge is 0.379 e. The van der Waals surface area contributed by atoms with E-state index >= 15 is 0 Å². The third kappa shape index (κ3) is 5.85. The van der Waals surface area contributed by atoms with Gasteiger partial charge in [0.25, 0.3) is 0 Å². The first-order valence-corrected chi connectivity index (χ1v) is 8.54. The summed E-state index contributed by atoms with van der Waals surface area (Å²) in [4.78, 5) is 25.7. The van der Waals surface area contributed by atoms with Crippen LogP contribution in [0.2, 0.25) is 0 Å². The third-order valence-electron chi connectivity index (χ3n) is 3.91. The van der Waals surface area contributed by atoms with Crippen molar-refractivity contribution in [2.24, 2.45) is 0 Å². The Bertz CT molecular complexity index is 560. The Kier molecular flexibility index (Phi) is 7.06. The van der Waals surface area contributed by atoms with Crippen LogP contribution in [0, 0.1) is 0 Å². The van der Waals surface area contributed by atoms with Gasteiger partial charge in [0.15, 0.2) is 0 Å². The standard InChI is InChI=1S/C18H27N3O3/c1-14(2)24-11-5-9-19-17(22)12-20-18(23)21-10-8-15-6-3-4-7-16(15)13-21/h3-4,6-7,14H,5,8-13H2,1-2H3,(H,19,22)(H,20,23). The minimum atomic E-state index is -0.192.